The van der Waals surface area contributed by atoms with Gasteiger partial charge in [-0.05, 0) is 82.8 Å². The van der Waals surface area contributed by atoms with Gasteiger partial charge in [0.15, 0.2) is 11.4 Å². The molecule has 1 aliphatic rings. The maximum atomic E-state index is 13.0. The standard InChI is InChI=1S/C29H38F3N5O7S2/c1-17-19(16-42-46(39,40)36-26(38)44-27(2,3)4)14-22(25(17)43-28(5,6)41-7)34-23-11-12-33-24-15-21(35-37(23)24)18-9-8-10-20(13-18)45-29(30,31)32/h8-13,15,17,19,22,25,34H,14,16H2,1-7H3,(H,36,38)/t17-,19-,22-,25-/m1/s1. The molecule has 17 heteroatoms. The quantitative estimate of drug-likeness (QED) is 0.181. The van der Waals surface area contributed by atoms with Crippen LogP contribution in [0, 0.1) is 11.8 Å². The Morgan fingerprint density at radius 2 is 1.85 bits per heavy atom. The van der Waals surface area contributed by atoms with Crippen LogP contribution < -0.4 is 10.0 Å². The van der Waals surface area contributed by atoms with E-state index in [1.165, 1.54) is 25.3 Å². The lowest BCUT2D eigenvalue weighted by Crippen LogP contribution is -2.42. The number of anilines is 1. The molecular formula is C29H38F3N5O7S2. The average Bonchev–Trinajstić information content (AvgIpc) is 3.47. The van der Waals surface area contributed by atoms with Gasteiger partial charge in [-0.25, -0.2) is 9.78 Å². The van der Waals surface area contributed by atoms with Crippen molar-refractivity contribution in [1.82, 2.24) is 19.3 Å². The number of methoxy groups -OCH3 is 1. The number of hydrogen-bond acceptors (Lipinski definition) is 11. The lowest BCUT2D eigenvalue weighted by Gasteiger charge is -2.33. The minimum atomic E-state index is -4.46. The van der Waals surface area contributed by atoms with Gasteiger partial charge in [-0.15, -0.1) is 0 Å². The van der Waals surface area contributed by atoms with E-state index in [1.807, 2.05) is 6.92 Å². The molecule has 12 nitrogen and oxygen atoms in total. The van der Waals surface area contributed by atoms with Crippen LogP contribution in [0.15, 0.2) is 47.5 Å². The Morgan fingerprint density at radius 1 is 1.13 bits per heavy atom. The Kier molecular flexibility index (Phi) is 10.5. The number of carbonyl (C=O) groups is 1. The monoisotopic (exact) mass is 689 g/mol. The van der Waals surface area contributed by atoms with Gasteiger partial charge in [0.2, 0.25) is 0 Å². The van der Waals surface area contributed by atoms with Crippen molar-refractivity contribution in [3.05, 3.63) is 42.6 Å². The molecule has 0 spiro atoms. The number of halogens is 3. The van der Waals surface area contributed by atoms with Crippen LogP contribution in [-0.4, -0.2) is 71.9 Å². The highest BCUT2D eigenvalue weighted by molar-refractivity contribution is 8.00. The molecular weight excluding hydrogens is 651 g/mol. The molecule has 4 atom stereocenters. The SMILES string of the molecule is COC(C)(C)O[C@@H]1[C@H](C)[C@@H](COS(=O)(=O)NC(=O)OC(C)(C)C)C[C@H]1Nc1ccnc2cc(-c3cccc(SC(F)(F)F)c3)nn12. The second-order valence-corrected chi connectivity index (χ2v) is 14.8. The van der Waals surface area contributed by atoms with Crippen molar-refractivity contribution in [3.8, 4) is 11.3 Å². The van der Waals surface area contributed by atoms with Crippen molar-refractivity contribution in [2.75, 3.05) is 19.0 Å². The van der Waals surface area contributed by atoms with Gasteiger partial charge in [0.1, 0.15) is 11.4 Å². The van der Waals surface area contributed by atoms with Gasteiger partial charge >= 0.3 is 21.9 Å². The fourth-order valence-electron chi connectivity index (χ4n) is 5.03. The second-order valence-electron chi connectivity index (χ2n) is 12.3. The highest BCUT2D eigenvalue weighted by Crippen LogP contribution is 2.40. The number of nitrogens with one attached hydrogen (secondary N) is 2. The smallest absolute Gasteiger partial charge is 0.443 e. The molecule has 0 aliphatic heterocycles. The molecule has 1 aromatic carbocycles. The minimum absolute atomic E-state index is 0.0330. The summed E-state index contributed by atoms with van der Waals surface area (Å²) in [5, 5.41) is 8.05. The maximum Gasteiger partial charge on any atom is 0.446 e. The van der Waals surface area contributed by atoms with Gasteiger partial charge in [0.25, 0.3) is 0 Å². The zero-order chi connectivity index (χ0) is 34.1. The van der Waals surface area contributed by atoms with Crippen LogP contribution in [0.3, 0.4) is 0 Å². The molecule has 1 saturated carbocycles. The molecule has 1 amide bonds. The Balaban J connectivity index is 1.55. The van der Waals surface area contributed by atoms with Crippen molar-refractivity contribution in [1.29, 1.82) is 0 Å². The number of nitrogens with zero attached hydrogens (tertiary/aromatic N) is 3. The summed E-state index contributed by atoms with van der Waals surface area (Å²) in [4.78, 5) is 16.4. The van der Waals surface area contributed by atoms with E-state index >= 15 is 0 Å². The molecule has 254 valence electrons. The van der Waals surface area contributed by atoms with E-state index in [1.54, 1.807) is 68.3 Å². The number of carbonyl (C=O) groups excluding carboxylic acids is 1. The third kappa shape index (κ3) is 9.70. The number of thioether (sulfide) groups is 1. The van der Waals surface area contributed by atoms with Gasteiger partial charge in [-0.2, -0.15) is 35.9 Å². The number of hydrogen-bond donors (Lipinski definition) is 2. The highest BCUT2D eigenvalue weighted by Gasteiger charge is 2.45. The van der Waals surface area contributed by atoms with Crippen LogP contribution in [-0.2, 0) is 28.7 Å². The summed E-state index contributed by atoms with van der Waals surface area (Å²) in [7, 11) is -2.95. The van der Waals surface area contributed by atoms with Gasteiger partial charge in [0.05, 0.1) is 24.4 Å². The molecule has 0 saturated heterocycles. The van der Waals surface area contributed by atoms with Crippen molar-refractivity contribution >= 4 is 39.6 Å². The maximum absolute atomic E-state index is 13.0. The summed E-state index contributed by atoms with van der Waals surface area (Å²) >= 11 is -0.204. The molecule has 1 aliphatic carbocycles. The summed E-state index contributed by atoms with van der Waals surface area (Å²) < 4.78 is 89.2. The highest BCUT2D eigenvalue weighted by atomic mass is 32.2. The zero-order valence-electron chi connectivity index (χ0n) is 26.4. The van der Waals surface area contributed by atoms with Crippen LogP contribution in [0.1, 0.15) is 48.0 Å². The fourth-order valence-corrected chi connectivity index (χ4v) is 6.29. The van der Waals surface area contributed by atoms with E-state index in [0.717, 1.165) is 0 Å². The van der Waals surface area contributed by atoms with Crippen LogP contribution in [0.5, 0.6) is 0 Å². The molecule has 0 bridgehead atoms. The fraction of sp³-hybridized carbons (Fsp3) is 0.552. The van der Waals surface area contributed by atoms with Crippen molar-refractivity contribution in [3.63, 3.8) is 0 Å². The number of fused-ring (bicyclic) bond motifs is 1. The summed E-state index contributed by atoms with van der Waals surface area (Å²) in [6.07, 6.45) is 0.338. The molecule has 2 heterocycles. The van der Waals surface area contributed by atoms with Crippen molar-refractivity contribution in [2.45, 2.75) is 81.9 Å². The van der Waals surface area contributed by atoms with E-state index in [0.29, 0.717) is 29.1 Å². The average molecular weight is 690 g/mol. The summed E-state index contributed by atoms with van der Waals surface area (Å²) in [6.45, 7) is 9.98. The number of ether oxygens (including phenoxy) is 3. The third-order valence-corrected chi connectivity index (χ3v) is 8.81. The number of benzene rings is 1. The Bertz CT molecular complexity index is 1640. The largest absolute Gasteiger partial charge is 0.446 e. The topological polar surface area (TPSA) is 142 Å². The lowest BCUT2D eigenvalue weighted by atomic mass is 9.98. The van der Waals surface area contributed by atoms with Crippen molar-refractivity contribution in [2.24, 2.45) is 11.8 Å². The Morgan fingerprint density at radius 3 is 2.50 bits per heavy atom. The molecule has 0 unspecified atom stereocenters. The first-order valence-corrected chi connectivity index (χ1v) is 16.6. The second kappa shape index (κ2) is 13.5. The van der Waals surface area contributed by atoms with E-state index < -0.39 is 39.4 Å². The third-order valence-electron chi connectivity index (χ3n) is 7.23. The number of alkyl halides is 3. The summed E-state index contributed by atoms with van der Waals surface area (Å²) in [5.74, 6) is -1.02. The number of amides is 1. The van der Waals surface area contributed by atoms with Gasteiger partial charge in [0, 0.05) is 29.8 Å². The number of aromatic nitrogens is 3. The van der Waals surface area contributed by atoms with Gasteiger partial charge in [-0.3, -0.25) is 4.18 Å². The van der Waals surface area contributed by atoms with Crippen molar-refractivity contribution < 1.29 is 44.8 Å². The van der Waals surface area contributed by atoms with Crippen LogP contribution in [0.2, 0.25) is 0 Å². The minimum Gasteiger partial charge on any atom is -0.443 e. The van der Waals surface area contributed by atoms with E-state index in [-0.39, 0.29) is 41.1 Å². The molecule has 3 aromatic rings. The number of rotatable bonds is 11. The van der Waals surface area contributed by atoms with E-state index in [4.69, 9.17) is 18.4 Å². The van der Waals surface area contributed by atoms with E-state index in [2.05, 4.69) is 15.4 Å². The Hall–Kier alpha value is -3.12. The normalized spacial score (nSPS) is 21.0. The van der Waals surface area contributed by atoms with Gasteiger partial charge < -0.3 is 19.5 Å². The first-order valence-electron chi connectivity index (χ1n) is 14.3. The zero-order valence-corrected chi connectivity index (χ0v) is 28.0. The van der Waals surface area contributed by atoms with Crippen LogP contribution in [0.4, 0.5) is 23.8 Å². The van der Waals surface area contributed by atoms with Crippen LogP contribution >= 0.6 is 11.8 Å². The molecule has 2 aromatic heterocycles. The molecule has 0 radical (unpaired) electrons. The predicted molar refractivity (Wildman–Crippen MR) is 165 cm³/mol. The lowest BCUT2D eigenvalue weighted by molar-refractivity contribution is -0.231. The predicted octanol–water partition coefficient (Wildman–Crippen LogP) is 6.00. The molecule has 1 fully saturated rings. The molecule has 46 heavy (non-hydrogen) atoms. The molecule has 4 rings (SSSR count). The van der Waals surface area contributed by atoms with Crippen LogP contribution in [0.25, 0.3) is 16.9 Å². The first-order chi connectivity index (χ1) is 21.2. The summed E-state index contributed by atoms with van der Waals surface area (Å²) in [6, 6.07) is 8.97. The van der Waals surface area contributed by atoms with E-state index in [9.17, 15) is 26.4 Å². The first kappa shape index (κ1) is 35.7. The molecule has 2 N–H and O–H groups in total. The summed E-state index contributed by atoms with van der Waals surface area (Å²) in [5.41, 5.74) is -3.96. The Labute approximate surface area is 270 Å². The van der Waals surface area contributed by atoms with Gasteiger partial charge in [-0.1, -0.05) is 19.1 Å².